The molecule has 1 aromatic heterocycles. The summed E-state index contributed by atoms with van der Waals surface area (Å²) < 4.78 is 2.07. The fourth-order valence-corrected chi connectivity index (χ4v) is 4.47. The summed E-state index contributed by atoms with van der Waals surface area (Å²) in [5.41, 5.74) is 5.07. The minimum atomic E-state index is -0.314. The SMILES string of the molecule is CC(=O)Nc1ccc(-n2c(C)cc(/C=C3\SC(=O)N(c4ccccc4)C3=O)c2C)cc1. The molecule has 4 rings (SSSR count). The Morgan fingerprint density at radius 3 is 2.29 bits per heavy atom. The largest absolute Gasteiger partial charge is 0.326 e. The second-order valence-electron chi connectivity index (χ2n) is 7.24. The Labute approximate surface area is 184 Å². The van der Waals surface area contributed by atoms with E-state index in [9.17, 15) is 14.4 Å². The molecule has 7 heteroatoms. The minimum Gasteiger partial charge on any atom is -0.326 e. The number of rotatable bonds is 4. The van der Waals surface area contributed by atoms with Gasteiger partial charge in [-0.2, -0.15) is 0 Å². The number of imide groups is 1. The van der Waals surface area contributed by atoms with Gasteiger partial charge in [0.05, 0.1) is 10.6 Å². The first-order chi connectivity index (χ1) is 14.8. The zero-order valence-corrected chi connectivity index (χ0v) is 18.2. The maximum atomic E-state index is 12.9. The second-order valence-corrected chi connectivity index (χ2v) is 8.24. The van der Waals surface area contributed by atoms with E-state index in [1.54, 1.807) is 30.3 Å². The van der Waals surface area contributed by atoms with Crippen LogP contribution < -0.4 is 10.2 Å². The van der Waals surface area contributed by atoms with Crippen LogP contribution in [0.1, 0.15) is 23.9 Å². The standard InChI is InChI=1S/C24H21N3O3S/c1-15-13-18(16(2)26(15)21-11-9-19(10-12-21)25-17(3)28)14-22-23(29)27(24(30)31-22)20-7-5-4-6-8-20/h4-14H,1-3H3,(H,25,28)/b22-14-. The smallest absolute Gasteiger partial charge is 0.298 e. The second kappa shape index (κ2) is 8.28. The minimum absolute atomic E-state index is 0.118. The fraction of sp³-hybridized carbons (Fsp3) is 0.125. The van der Waals surface area contributed by atoms with Crippen molar-refractivity contribution >= 4 is 46.3 Å². The summed E-state index contributed by atoms with van der Waals surface area (Å²) >= 11 is 0.948. The van der Waals surface area contributed by atoms with Crippen LogP contribution in [-0.2, 0) is 9.59 Å². The lowest BCUT2D eigenvalue weighted by Gasteiger charge is -2.11. The summed E-state index contributed by atoms with van der Waals surface area (Å²) in [4.78, 5) is 38.2. The highest BCUT2D eigenvalue weighted by Crippen LogP contribution is 2.36. The Balaban J connectivity index is 1.65. The van der Waals surface area contributed by atoms with Gasteiger partial charge in [-0.3, -0.25) is 14.4 Å². The van der Waals surface area contributed by atoms with E-state index in [0.717, 1.165) is 40.1 Å². The summed E-state index contributed by atoms with van der Waals surface area (Å²) in [5.74, 6) is -0.432. The molecule has 1 aliphatic rings. The Kier molecular flexibility index (Phi) is 5.52. The zero-order chi connectivity index (χ0) is 22.1. The number of aromatic nitrogens is 1. The first kappa shape index (κ1) is 20.7. The number of carbonyl (C=O) groups is 3. The summed E-state index contributed by atoms with van der Waals surface area (Å²) in [6, 6.07) is 18.5. The molecule has 0 bridgehead atoms. The molecule has 3 amide bonds. The van der Waals surface area contributed by atoms with Crippen molar-refractivity contribution in [2.75, 3.05) is 10.2 Å². The number of hydrogen-bond donors (Lipinski definition) is 1. The van der Waals surface area contributed by atoms with E-state index in [4.69, 9.17) is 0 Å². The third kappa shape index (κ3) is 4.04. The average Bonchev–Trinajstić information content (AvgIpc) is 3.17. The van der Waals surface area contributed by atoms with E-state index in [0.29, 0.717) is 10.6 Å². The van der Waals surface area contributed by atoms with Gasteiger partial charge in [0.1, 0.15) is 0 Å². The van der Waals surface area contributed by atoms with E-state index >= 15 is 0 Å². The molecule has 6 nitrogen and oxygen atoms in total. The molecule has 0 unspecified atom stereocenters. The highest BCUT2D eigenvalue weighted by molar-refractivity contribution is 8.19. The molecule has 2 aromatic carbocycles. The van der Waals surface area contributed by atoms with Gasteiger partial charge in [0.25, 0.3) is 11.1 Å². The molecule has 0 radical (unpaired) electrons. The molecule has 1 fully saturated rings. The summed E-state index contributed by atoms with van der Waals surface area (Å²) in [7, 11) is 0. The van der Waals surface area contributed by atoms with Crippen LogP contribution in [0.4, 0.5) is 16.2 Å². The van der Waals surface area contributed by atoms with Crippen LogP contribution in [0.25, 0.3) is 11.8 Å². The number of amides is 3. The lowest BCUT2D eigenvalue weighted by Crippen LogP contribution is -2.27. The normalized spacial score (nSPS) is 15.1. The molecule has 31 heavy (non-hydrogen) atoms. The lowest BCUT2D eigenvalue weighted by atomic mass is 10.2. The molecule has 156 valence electrons. The third-order valence-electron chi connectivity index (χ3n) is 5.01. The number of benzene rings is 2. The van der Waals surface area contributed by atoms with Crippen LogP contribution in [0.2, 0.25) is 0 Å². The Morgan fingerprint density at radius 1 is 0.968 bits per heavy atom. The van der Waals surface area contributed by atoms with Gasteiger partial charge in [0.2, 0.25) is 5.91 Å². The van der Waals surface area contributed by atoms with Crippen molar-refractivity contribution in [1.29, 1.82) is 0 Å². The maximum Gasteiger partial charge on any atom is 0.298 e. The number of aryl methyl sites for hydroxylation is 1. The fourth-order valence-electron chi connectivity index (χ4n) is 3.64. The van der Waals surface area contributed by atoms with Gasteiger partial charge in [-0.25, -0.2) is 4.90 Å². The predicted molar refractivity (Wildman–Crippen MR) is 124 cm³/mol. The Hall–Kier alpha value is -3.58. The van der Waals surface area contributed by atoms with Gasteiger partial charge < -0.3 is 9.88 Å². The van der Waals surface area contributed by atoms with Crippen LogP contribution >= 0.6 is 11.8 Å². The van der Waals surface area contributed by atoms with E-state index < -0.39 is 0 Å². The van der Waals surface area contributed by atoms with E-state index in [1.807, 2.05) is 50.2 Å². The molecule has 0 spiro atoms. The molecule has 0 atom stereocenters. The van der Waals surface area contributed by atoms with E-state index in [1.165, 1.54) is 11.8 Å². The van der Waals surface area contributed by atoms with Gasteiger partial charge >= 0.3 is 0 Å². The quantitative estimate of drug-likeness (QED) is 0.570. The lowest BCUT2D eigenvalue weighted by molar-refractivity contribution is -0.114. The van der Waals surface area contributed by atoms with E-state index in [2.05, 4.69) is 9.88 Å². The Morgan fingerprint density at radius 2 is 1.65 bits per heavy atom. The summed E-state index contributed by atoms with van der Waals surface area (Å²) in [6.45, 7) is 5.43. The molecular weight excluding hydrogens is 410 g/mol. The van der Waals surface area contributed by atoms with Crippen molar-refractivity contribution in [3.63, 3.8) is 0 Å². The topological polar surface area (TPSA) is 71.4 Å². The molecule has 1 aliphatic heterocycles. The number of carbonyl (C=O) groups excluding carboxylic acids is 3. The molecule has 0 aliphatic carbocycles. The van der Waals surface area contributed by atoms with Crippen molar-refractivity contribution in [2.24, 2.45) is 0 Å². The predicted octanol–water partition coefficient (Wildman–Crippen LogP) is 5.29. The number of nitrogens with one attached hydrogen (secondary N) is 1. The van der Waals surface area contributed by atoms with Crippen LogP contribution in [0, 0.1) is 13.8 Å². The first-order valence-electron chi connectivity index (χ1n) is 9.75. The van der Waals surface area contributed by atoms with Crippen molar-refractivity contribution < 1.29 is 14.4 Å². The zero-order valence-electron chi connectivity index (χ0n) is 17.4. The van der Waals surface area contributed by atoms with E-state index in [-0.39, 0.29) is 17.1 Å². The van der Waals surface area contributed by atoms with Crippen molar-refractivity contribution in [1.82, 2.24) is 4.57 Å². The number of anilines is 2. The van der Waals surface area contributed by atoms with Crippen LogP contribution in [-0.4, -0.2) is 21.6 Å². The average molecular weight is 432 g/mol. The molecule has 3 aromatic rings. The van der Waals surface area contributed by atoms with Crippen molar-refractivity contribution in [3.05, 3.63) is 82.5 Å². The maximum absolute atomic E-state index is 12.9. The van der Waals surface area contributed by atoms with Gasteiger partial charge in [-0.1, -0.05) is 18.2 Å². The number of hydrogen-bond acceptors (Lipinski definition) is 4. The highest BCUT2D eigenvalue weighted by Gasteiger charge is 2.36. The number of nitrogens with zero attached hydrogens (tertiary/aromatic N) is 2. The van der Waals surface area contributed by atoms with Crippen LogP contribution in [0.3, 0.4) is 0 Å². The van der Waals surface area contributed by atoms with Crippen molar-refractivity contribution in [3.8, 4) is 5.69 Å². The van der Waals surface area contributed by atoms with Crippen LogP contribution in [0.15, 0.2) is 65.6 Å². The monoisotopic (exact) mass is 431 g/mol. The van der Waals surface area contributed by atoms with Crippen LogP contribution in [0.5, 0.6) is 0 Å². The molecule has 2 heterocycles. The molecule has 1 saturated heterocycles. The van der Waals surface area contributed by atoms with Gasteiger partial charge in [-0.05, 0) is 79.7 Å². The summed E-state index contributed by atoms with van der Waals surface area (Å²) in [6.07, 6.45) is 1.78. The molecule has 1 N–H and O–H groups in total. The number of para-hydroxylation sites is 1. The summed E-state index contributed by atoms with van der Waals surface area (Å²) in [5, 5.41) is 2.46. The molecular formula is C24H21N3O3S. The Bertz CT molecular complexity index is 1210. The van der Waals surface area contributed by atoms with Gasteiger partial charge in [0.15, 0.2) is 0 Å². The highest BCUT2D eigenvalue weighted by atomic mass is 32.2. The van der Waals surface area contributed by atoms with Gasteiger partial charge in [0, 0.05) is 29.7 Å². The third-order valence-corrected chi connectivity index (χ3v) is 5.88. The number of thioether (sulfide) groups is 1. The van der Waals surface area contributed by atoms with Gasteiger partial charge in [-0.15, -0.1) is 0 Å². The first-order valence-corrected chi connectivity index (χ1v) is 10.6. The molecule has 0 saturated carbocycles. The van der Waals surface area contributed by atoms with Crippen molar-refractivity contribution in [2.45, 2.75) is 20.8 Å².